The summed E-state index contributed by atoms with van der Waals surface area (Å²) in [6.07, 6.45) is 4.81. The first-order chi connectivity index (χ1) is 15.5. The molecule has 0 heterocycles. The lowest BCUT2D eigenvalue weighted by atomic mass is 10.1. The van der Waals surface area contributed by atoms with E-state index in [1.165, 1.54) is 23.9 Å². The summed E-state index contributed by atoms with van der Waals surface area (Å²) in [4.78, 5) is 28.0. The number of thioether (sulfide) groups is 1. The fourth-order valence-corrected chi connectivity index (χ4v) is 4.99. The Labute approximate surface area is 198 Å². The third-order valence-corrected chi connectivity index (χ3v) is 7.00. The number of hydrogen-bond donors (Lipinski definition) is 1. The van der Waals surface area contributed by atoms with Crippen molar-refractivity contribution in [3.05, 3.63) is 70.5 Å². The standard InChI is InChI=1S/C25H30ClFN2O2S/c1-2-23(25(31)28-22-5-3-4-6-22)29(15-18-7-11-20(26)12-8-18)24(30)17-32-16-19-9-13-21(27)14-10-19/h7-14,22-23H,2-6,15-17H2,1H3,(H,28,31)/t23-/m1/s1. The molecule has 1 N–H and O–H groups in total. The van der Waals surface area contributed by atoms with Crippen LogP contribution in [0.2, 0.25) is 5.02 Å². The Morgan fingerprint density at radius 3 is 2.34 bits per heavy atom. The average molecular weight is 477 g/mol. The highest BCUT2D eigenvalue weighted by Crippen LogP contribution is 2.21. The molecule has 2 amide bonds. The molecule has 3 rings (SSSR count). The molecular formula is C25H30ClFN2O2S. The van der Waals surface area contributed by atoms with Crippen molar-refractivity contribution >= 4 is 35.2 Å². The first-order valence-corrected chi connectivity index (χ1v) is 12.7. The molecule has 0 bridgehead atoms. The molecular weight excluding hydrogens is 447 g/mol. The van der Waals surface area contributed by atoms with Crippen molar-refractivity contribution in [3.8, 4) is 0 Å². The van der Waals surface area contributed by atoms with Gasteiger partial charge in [0.05, 0.1) is 5.75 Å². The second-order valence-corrected chi connectivity index (χ2v) is 9.60. The lowest BCUT2D eigenvalue weighted by Crippen LogP contribution is -2.51. The van der Waals surface area contributed by atoms with Crippen LogP contribution in [0.3, 0.4) is 0 Å². The van der Waals surface area contributed by atoms with Crippen molar-refractivity contribution in [2.45, 2.75) is 63.4 Å². The lowest BCUT2D eigenvalue weighted by Gasteiger charge is -2.31. The van der Waals surface area contributed by atoms with Gasteiger partial charge in [-0.2, -0.15) is 0 Å². The van der Waals surface area contributed by atoms with Gasteiger partial charge in [0.2, 0.25) is 11.8 Å². The Bertz CT molecular complexity index is 886. The third-order valence-electron chi connectivity index (χ3n) is 5.76. The number of hydrogen-bond acceptors (Lipinski definition) is 3. The van der Waals surface area contributed by atoms with Gasteiger partial charge in [-0.15, -0.1) is 11.8 Å². The van der Waals surface area contributed by atoms with E-state index < -0.39 is 6.04 Å². The molecule has 32 heavy (non-hydrogen) atoms. The molecule has 0 spiro atoms. The van der Waals surface area contributed by atoms with Crippen LogP contribution in [-0.2, 0) is 21.9 Å². The van der Waals surface area contributed by atoms with E-state index in [4.69, 9.17) is 11.6 Å². The van der Waals surface area contributed by atoms with E-state index >= 15 is 0 Å². The molecule has 1 aliphatic carbocycles. The minimum atomic E-state index is -0.523. The van der Waals surface area contributed by atoms with Crippen molar-refractivity contribution in [1.29, 1.82) is 0 Å². The van der Waals surface area contributed by atoms with Crippen LogP contribution >= 0.6 is 23.4 Å². The van der Waals surface area contributed by atoms with Gasteiger partial charge < -0.3 is 10.2 Å². The fraction of sp³-hybridized carbons (Fsp3) is 0.440. The molecule has 1 aliphatic rings. The minimum Gasteiger partial charge on any atom is -0.352 e. The van der Waals surface area contributed by atoms with E-state index in [9.17, 15) is 14.0 Å². The predicted octanol–water partition coefficient (Wildman–Crippen LogP) is 5.58. The predicted molar refractivity (Wildman–Crippen MR) is 129 cm³/mol. The molecule has 7 heteroatoms. The van der Waals surface area contributed by atoms with Gasteiger partial charge in [-0.25, -0.2) is 4.39 Å². The maximum atomic E-state index is 13.2. The van der Waals surface area contributed by atoms with E-state index in [1.54, 1.807) is 29.2 Å². The largest absolute Gasteiger partial charge is 0.352 e. The summed E-state index contributed by atoms with van der Waals surface area (Å²) in [7, 11) is 0. The van der Waals surface area contributed by atoms with Gasteiger partial charge in [0.15, 0.2) is 0 Å². The van der Waals surface area contributed by atoms with Crippen molar-refractivity contribution < 1.29 is 14.0 Å². The van der Waals surface area contributed by atoms with Crippen molar-refractivity contribution in [2.24, 2.45) is 0 Å². The Kier molecular flexibility index (Phi) is 9.42. The molecule has 1 fully saturated rings. The van der Waals surface area contributed by atoms with Crippen LogP contribution in [-0.4, -0.2) is 34.6 Å². The summed E-state index contributed by atoms with van der Waals surface area (Å²) in [5.41, 5.74) is 1.89. The molecule has 0 aromatic heterocycles. The van der Waals surface area contributed by atoms with Gasteiger partial charge in [-0.05, 0) is 54.7 Å². The maximum absolute atomic E-state index is 13.2. The summed E-state index contributed by atoms with van der Waals surface area (Å²) in [5, 5.41) is 3.78. The highest BCUT2D eigenvalue weighted by Gasteiger charge is 2.30. The number of amides is 2. The van der Waals surface area contributed by atoms with Crippen LogP contribution in [0.1, 0.15) is 50.2 Å². The van der Waals surface area contributed by atoms with Gasteiger partial charge in [0.1, 0.15) is 11.9 Å². The van der Waals surface area contributed by atoms with E-state index in [0.717, 1.165) is 36.8 Å². The van der Waals surface area contributed by atoms with Crippen molar-refractivity contribution in [1.82, 2.24) is 10.2 Å². The van der Waals surface area contributed by atoms with Crippen molar-refractivity contribution in [2.75, 3.05) is 5.75 Å². The minimum absolute atomic E-state index is 0.0785. The van der Waals surface area contributed by atoms with Gasteiger partial charge in [-0.1, -0.05) is 55.6 Å². The Morgan fingerprint density at radius 2 is 1.72 bits per heavy atom. The van der Waals surface area contributed by atoms with Crippen molar-refractivity contribution in [3.63, 3.8) is 0 Å². The van der Waals surface area contributed by atoms with Gasteiger partial charge in [-0.3, -0.25) is 9.59 Å². The van der Waals surface area contributed by atoms with Gasteiger partial charge in [0, 0.05) is 23.4 Å². The summed E-state index contributed by atoms with van der Waals surface area (Å²) >= 11 is 7.48. The maximum Gasteiger partial charge on any atom is 0.243 e. The van der Waals surface area contributed by atoms with E-state index in [-0.39, 0.29) is 29.4 Å². The van der Waals surface area contributed by atoms with Crippen LogP contribution < -0.4 is 5.32 Å². The first-order valence-electron chi connectivity index (χ1n) is 11.1. The van der Waals surface area contributed by atoms with Crippen LogP contribution in [0, 0.1) is 5.82 Å². The summed E-state index contributed by atoms with van der Waals surface area (Å²) in [5.74, 6) is 0.415. The second-order valence-electron chi connectivity index (χ2n) is 8.18. The molecule has 1 saturated carbocycles. The highest BCUT2D eigenvalue weighted by atomic mass is 35.5. The van der Waals surface area contributed by atoms with Crippen LogP contribution in [0.15, 0.2) is 48.5 Å². The zero-order valence-corrected chi connectivity index (χ0v) is 19.9. The smallest absolute Gasteiger partial charge is 0.243 e. The average Bonchev–Trinajstić information content (AvgIpc) is 3.29. The van der Waals surface area contributed by atoms with E-state index in [0.29, 0.717) is 23.7 Å². The Morgan fingerprint density at radius 1 is 1.09 bits per heavy atom. The number of benzene rings is 2. The summed E-state index contributed by atoms with van der Waals surface area (Å²) in [6, 6.07) is 13.3. The normalized spacial score (nSPS) is 14.8. The summed E-state index contributed by atoms with van der Waals surface area (Å²) < 4.78 is 13.1. The zero-order valence-electron chi connectivity index (χ0n) is 18.4. The van der Waals surface area contributed by atoms with E-state index in [1.807, 2.05) is 19.1 Å². The number of carbonyl (C=O) groups is 2. The van der Waals surface area contributed by atoms with Gasteiger partial charge >= 0.3 is 0 Å². The molecule has 4 nitrogen and oxygen atoms in total. The number of carbonyl (C=O) groups excluding carboxylic acids is 2. The fourth-order valence-electron chi connectivity index (χ4n) is 3.99. The monoisotopic (exact) mass is 476 g/mol. The molecule has 1 atom stereocenters. The lowest BCUT2D eigenvalue weighted by molar-refractivity contribution is -0.139. The Balaban J connectivity index is 1.68. The number of nitrogens with zero attached hydrogens (tertiary/aromatic N) is 1. The van der Waals surface area contributed by atoms with E-state index in [2.05, 4.69) is 5.32 Å². The number of halogens is 2. The van der Waals surface area contributed by atoms with Crippen LogP contribution in [0.25, 0.3) is 0 Å². The topological polar surface area (TPSA) is 49.4 Å². The zero-order chi connectivity index (χ0) is 22.9. The van der Waals surface area contributed by atoms with Crippen LogP contribution in [0.5, 0.6) is 0 Å². The number of nitrogens with one attached hydrogen (secondary N) is 1. The van der Waals surface area contributed by atoms with Gasteiger partial charge in [0.25, 0.3) is 0 Å². The first kappa shape index (κ1) is 24.6. The van der Waals surface area contributed by atoms with Crippen LogP contribution in [0.4, 0.5) is 4.39 Å². The molecule has 0 radical (unpaired) electrons. The Hall–Kier alpha value is -2.05. The molecule has 0 saturated heterocycles. The molecule has 0 unspecified atom stereocenters. The summed E-state index contributed by atoms with van der Waals surface area (Å²) in [6.45, 7) is 2.29. The highest BCUT2D eigenvalue weighted by molar-refractivity contribution is 7.99. The second kappa shape index (κ2) is 12.3. The number of rotatable bonds is 10. The molecule has 0 aliphatic heterocycles. The molecule has 172 valence electrons. The molecule has 2 aromatic rings. The SMILES string of the molecule is CC[C@H](C(=O)NC1CCCC1)N(Cc1ccc(Cl)cc1)C(=O)CSCc1ccc(F)cc1. The quantitative estimate of drug-likeness (QED) is 0.487. The molecule has 2 aromatic carbocycles. The third kappa shape index (κ3) is 7.24.